The molecule has 0 saturated carbocycles. The molecule has 0 amide bonds. The summed E-state index contributed by atoms with van der Waals surface area (Å²) in [4.78, 5) is 21.1. The highest BCUT2D eigenvalue weighted by atomic mass is 32.2. The van der Waals surface area contributed by atoms with Crippen molar-refractivity contribution in [3.8, 4) is 0 Å². The zero-order valence-electron chi connectivity index (χ0n) is 10.7. The van der Waals surface area contributed by atoms with Crippen molar-refractivity contribution in [2.75, 3.05) is 7.11 Å². The summed E-state index contributed by atoms with van der Waals surface area (Å²) in [6.45, 7) is 1.54. The molecule has 1 aromatic carbocycles. The SMILES string of the molecule is COC(=O)C1[C@H](C)N1S(=O)(=O)c1ccccc1[N+](=O)[O-]. The average Bonchev–Trinajstić information content (AvgIpc) is 3.10. The van der Waals surface area contributed by atoms with E-state index in [1.807, 2.05) is 0 Å². The molecule has 8 nitrogen and oxygen atoms in total. The van der Waals surface area contributed by atoms with Gasteiger partial charge in [0.2, 0.25) is 0 Å². The van der Waals surface area contributed by atoms with Crippen LogP contribution >= 0.6 is 0 Å². The van der Waals surface area contributed by atoms with Crippen molar-refractivity contribution in [3.05, 3.63) is 34.4 Å². The monoisotopic (exact) mass is 300 g/mol. The fourth-order valence-electron chi connectivity index (χ4n) is 2.05. The Morgan fingerprint density at radius 2 is 2.00 bits per heavy atom. The predicted molar refractivity (Wildman–Crippen MR) is 67.4 cm³/mol. The van der Waals surface area contributed by atoms with Crippen LogP contribution < -0.4 is 0 Å². The van der Waals surface area contributed by atoms with Gasteiger partial charge >= 0.3 is 5.97 Å². The van der Waals surface area contributed by atoms with Crippen molar-refractivity contribution >= 4 is 21.7 Å². The maximum Gasteiger partial charge on any atom is 0.325 e. The number of hydrogen-bond donors (Lipinski definition) is 0. The molecule has 0 N–H and O–H groups in total. The number of rotatable bonds is 4. The van der Waals surface area contributed by atoms with E-state index in [-0.39, 0.29) is 0 Å². The number of ether oxygens (including phenoxy) is 1. The van der Waals surface area contributed by atoms with Gasteiger partial charge in [0, 0.05) is 6.07 Å². The minimum atomic E-state index is -4.10. The lowest BCUT2D eigenvalue weighted by molar-refractivity contribution is -0.387. The van der Waals surface area contributed by atoms with E-state index in [1.54, 1.807) is 0 Å². The molecule has 2 rings (SSSR count). The molecule has 108 valence electrons. The number of nitro benzene ring substituents is 1. The van der Waals surface area contributed by atoms with Crippen LogP contribution in [0.1, 0.15) is 6.92 Å². The second-order valence-electron chi connectivity index (χ2n) is 4.27. The molecule has 3 atom stereocenters. The number of methoxy groups -OCH3 is 1. The third kappa shape index (κ3) is 2.14. The Bertz CT molecular complexity index is 671. The van der Waals surface area contributed by atoms with Crippen LogP contribution in [-0.4, -0.2) is 42.8 Å². The summed E-state index contributed by atoms with van der Waals surface area (Å²) in [5.41, 5.74) is -0.518. The molecule has 0 aromatic heterocycles. The molecular formula is C11H12N2O6S. The Morgan fingerprint density at radius 1 is 1.40 bits per heavy atom. The maximum atomic E-state index is 12.4. The molecule has 20 heavy (non-hydrogen) atoms. The minimum Gasteiger partial charge on any atom is -0.468 e. The standard InChI is InChI=1S/C11H12N2O6S/c1-7-10(11(14)19-2)12(7)20(17,18)9-6-4-3-5-8(9)13(15)16/h3-7,10H,1-2H3/t7-,10?,12?/m0/s1. The highest BCUT2D eigenvalue weighted by molar-refractivity contribution is 7.89. The smallest absolute Gasteiger partial charge is 0.325 e. The van der Waals surface area contributed by atoms with Crippen molar-refractivity contribution in [2.45, 2.75) is 23.9 Å². The van der Waals surface area contributed by atoms with E-state index in [1.165, 1.54) is 19.1 Å². The molecular weight excluding hydrogens is 288 g/mol. The summed E-state index contributed by atoms with van der Waals surface area (Å²) < 4.78 is 30.2. The predicted octanol–water partition coefficient (Wildman–Crippen LogP) is 0.529. The maximum absolute atomic E-state index is 12.4. The van der Waals surface area contributed by atoms with Crippen molar-refractivity contribution in [2.24, 2.45) is 0 Å². The third-order valence-electron chi connectivity index (χ3n) is 3.10. The van der Waals surface area contributed by atoms with Gasteiger partial charge in [0.05, 0.1) is 18.1 Å². The Balaban J connectivity index is 2.43. The summed E-state index contributed by atoms with van der Waals surface area (Å²) in [5.74, 6) is -0.681. The molecule has 9 heteroatoms. The molecule has 1 saturated heterocycles. The lowest BCUT2D eigenvalue weighted by Gasteiger charge is -2.06. The van der Waals surface area contributed by atoms with Gasteiger partial charge in [-0.25, -0.2) is 8.42 Å². The van der Waals surface area contributed by atoms with E-state index in [0.29, 0.717) is 0 Å². The van der Waals surface area contributed by atoms with Crippen molar-refractivity contribution in [1.29, 1.82) is 0 Å². The van der Waals surface area contributed by atoms with Crippen molar-refractivity contribution in [1.82, 2.24) is 4.31 Å². The first-order valence-electron chi connectivity index (χ1n) is 5.67. The zero-order chi connectivity index (χ0) is 15.1. The summed E-state index contributed by atoms with van der Waals surface area (Å²) in [6, 6.07) is 3.51. The molecule has 0 radical (unpaired) electrons. The van der Waals surface area contributed by atoms with Gasteiger partial charge in [-0.2, -0.15) is 4.31 Å². The van der Waals surface area contributed by atoms with Gasteiger partial charge in [0.25, 0.3) is 15.7 Å². The highest BCUT2D eigenvalue weighted by Gasteiger charge is 2.58. The van der Waals surface area contributed by atoms with Crippen LogP contribution in [0.25, 0.3) is 0 Å². The van der Waals surface area contributed by atoms with Crippen LogP contribution in [0.5, 0.6) is 0 Å². The number of nitro groups is 1. The van der Waals surface area contributed by atoms with Crippen LogP contribution in [0.3, 0.4) is 0 Å². The highest BCUT2D eigenvalue weighted by Crippen LogP contribution is 2.38. The van der Waals surface area contributed by atoms with Crippen LogP contribution in [0, 0.1) is 10.1 Å². The van der Waals surface area contributed by atoms with Crippen LogP contribution in [-0.2, 0) is 19.6 Å². The van der Waals surface area contributed by atoms with E-state index in [9.17, 15) is 23.3 Å². The normalized spacial score (nSPS) is 25.0. The zero-order valence-corrected chi connectivity index (χ0v) is 11.5. The first kappa shape index (κ1) is 14.4. The first-order chi connectivity index (χ1) is 9.32. The number of sulfonamides is 1. The largest absolute Gasteiger partial charge is 0.468 e. The summed E-state index contributed by atoms with van der Waals surface area (Å²) >= 11 is 0. The number of benzene rings is 1. The molecule has 1 heterocycles. The van der Waals surface area contributed by atoms with E-state index in [0.717, 1.165) is 23.5 Å². The van der Waals surface area contributed by atoms with Gasteiger partial charge in [0.1, 0.15) is 6.04 Å². The summed E-state index contributed by atoms with van der Waals surface area (Å²) in [5, 5.41) is 10.9. The number of carbonyl (C=O) groups excluding carboxylic acids is 1. The average molecular weight is 300 g/mol. The molecule has 1 aliphatic rings. The molecule has 0 aliphatic carbocycles. The number of para-hydroxylation sites is 1. The van der Waals surface area contributed by atoms with E-state index >= 15 is 0 Å². The van der Waals surface area contributed by atoms with E-state index in [2.05, 4.69) is 4.74 Å². The Labute approximate surface area is 115 Å². The fourth-order valence-corrected chi connectivity index (χ4v) is 4.00. The van der Waals surface area contributed by atoms with E-state index in [4.69, 9.17) is 0 Å². The topological polar surface area (TPSA) is 107 Å². The van der Waals surface area contributed by atoms with Crippen LogP contribution in [0.4, 0.5) is 5.69 Å². The number of esters is 1. The van der Waals surface area contributed by atoms with Gasteiger partial charge in [-0.1, -0.05) is 12.1 Å². The molecule has 0 spiro atoms. The van der Waals surface area contributed by atoms with Gasteiger partial charge in [-0.3, -0.25) is 14.9 Å². The van der Waals surface area contributed by atoms with Gasteiger partial charge < -0.3 is 4.74 Å². The lowest BCUT2D eigenvalue weighted by Crippen LogP contribution is -2.21. The third-order valence-corrected chi connectivity index (χ3v) is 5.12. The molecule has 0 bridgehead atoms. The van der Waals surface area contributed by atoms with E-state index < -0.39 is 43.6 Å². The summed E-state index contributed by atoms with van der Waals surface area (Å²) in [6.07, 6.45) is 0. The summed E-state index contributed by atoms with van der Waals surface area (Å²) in [7, 11) is -2.95. The van der Waals surface area contributed by atoms with Crippen LogP contribution in [0.15, 0.2) is 29.2 Å². The molecule has 1 aromatic rings. The Hall–Kier alpha value is -2.00. The van der Waals surface area contributed by atoms with Crippen molar-refractivity contribution < 1.29 is 22.9 Å². The van der Waals surface area contributed by atoms with Gasteiger partial charge in [0.15, 0.2) is 4.90 Å². The lowest BCUT2D eigenvalue weighted by atomic mass is 10.3. The van der Waals surface area contributed by atoms with Crippen LogP contribution in [0.2, 0.25) is 0 Å². The minimum absolute atomic E-state index is 0.428. The number of hydrogen-bond acceptors (Lipinski definition) is 6. The van der Waals surface area contributed by atoms with Gasteiger partial charge in [-0.05, 0) is 13.0 Å². The molecule has 2 unspecified atom stereocenters. The Morgan fingerprint density at radius 3 is 2.55 bits per heavy atom. The van der Waals surface area contributed by atoms with Gasteiger partial charge in [-0.15, -0.1) is 0 Å². The molecule has 1 fully saturated rings. The second-order valence-corrected chi connectivity index (χ2v) is 6.08. The second kappa shape index (κ2) is 4.84. The number of carbonyl (C=O) groups is 1. The van der Waals surface area contributed by atoms with Crippen molar-refractivity contribution in [3.63, 3.8) is 0 Å². The number of nitrogens with zero attached hydrogens (tertiary/aromatic N) is 2. The first-order valence-corrected chi connectivity index (χ1v) is 7.11. The Kier molecular flexibility index (Phi) is 3.48. The quantitative estimate of drug-likeness (QED) is 0.347. The fraction of sp³-hybridized carbons (Fsp3) is 0.364. The molecule has 1 aliphatic heterocycles.